The number of nitrogens with one attached hydrogen (secondary N) is 1. The van der Waals surface area contributed by atoms with E-state index in [1.807, 2.05) is 19.9 Å². The van der Waals surface area contributed by atoms with Gasteiger partial charge in [0.15, 0.2) is 0 Å². The number of rotatable bonds is 2. The summed E-state index contributed by atoms with van der Waals surface area (Å²) in [4.78, 5) is 10.9. The Balaban J connectivity index is 3.19. The van der Waals surface area contributed by atoms with Crippen molar-refractivity contribution in [3.63, 3.8) is 0 Å². The summed E-state index contributed by atoms with van der Waals surface area (Å²) < 4.78 is 0. The molecule has 1 aromatic carbocycles. The molecule has 2 nitrogen and oxygen atoms in total. The van der Waals surface area contributed by atoms with Crippen molar-refractivity contribution in [1.29, 1.82) is 0 Å². The molecule has 1 N–H and O–H groups in total. The van der Waals surface area contributed by atoms with Crippen LogP contribution in [0, 0.1) is 6.92 Å². The van der Waals surface area contributed by atoms with Crippen LogP contribution in [0.2, 0.25) is 5.02 Å². The summed E-state index contributed by atoms with van der Waals surface area (Å²) in [5.41, 5.74) is 3.56. The van der Waals surface area contributed by atoms with E-state index >= 15 is 0 Å². The van der Waals surface area contributed by atoms with Crippen LogP contribution in [-0.4, -0.2) is 5.91 Å². The molecule has 0 heterocycles. The lowest BCUT2D eigenvalue weighted by Gasteiger charge is -2.11. The molecule has 0 fully saturated rings. The predicted molar refractivity (Wildman–Crippen MR) is 65.2 cm³/mol. The van der Waals surface area contributed by atoms with E-state index in [4.69, 9.17) is 11.6 Å². The molecule has 15 heavy (non-hydrogen) atoms. The van der Waals surface area contributed by atoms with Crippen LogP contribution in [0.25, 0.3) is 5.57 Å². The summed E-state index contributed by atoms with van der Waals surface area (Å²) in [6.45, 7) is 9.14. The first kappa shape index (κ1) is 11.8. The average molecular weight is 224 g/mol. The van der Waals surface area contributed by atoms with Gasteiger partial charge in [-0.1, -0.05) is 18.2 Å². The van der Waals surface area contributed by atoms with E-state index in [1.54, 1.807) is 6.07 Å². The van der Waals surface area contributed by atoms with Crippen molar-refractivity contribution in [3.8, 4) is 0 Å². The fraction of sp³-hybridized carbons (Fsp3) is 0.250. The van der Waals surface area contributed by atoms with Crippen LogP contribution >= 0.6 is 11.6 Å². The minimum absolute atomic E-state index is 0.0998. The zero-order valence-electron chi connectivity index (χ0n) is 9.15. The predicted octanol–water partition coefficient (Wildman–Crippen LogP) is 3.64. The van der Waals surface area contributed by atoms with Gasteiger partial charge in [-0.05, 0) is 42.7 Å². The lowest BCUT2D eigenvalue weighted by molar-refractivity contribution is -0.114. The fourth-order valence-corrected chi connectivity index (χ4v) is 1.66. The highest BCUT2D eigenvalue weighted by Crippen LogP contribution is 2.28. The number of benzene rings is 1. The molecule has 1 amide bonds. The van der Waals surface area contributed by atoms with E-state index in [9.17, 15) is 4.79 Å². The lowest BCUT2D eigenvalue weighted by atomic mass is 10.0. The number of amides is 1. The van der Waals surface area contributed by atoms with Gasteiger partial charge < -0.3 is 5.32 Å². The second-order valence-electron chi connectivity index (χ2n) is 3.61. The molecule has 0 aliphatic carbocycles. The van der Waals surface area contributed by atoms with Crippen LogP contribution in [0.5, 0.6) is 0 Å². The Kier molecular flexibility index (Phi) is 3.53. The first-order valence-electron chi connectivity index (χ1n) is 4.65. The van der Waals surface area contributed by atoms with Crippen molar-refractivity contribution in [2.24, 2.45) is 0 Å². The van der Waals surface area contributed by atoms with Gasteiger partial charge in [0.25, 0.3) is 0 Å². The van der Waals surface area contributed by atoms with Crippen molar-refractivity contribution in [2.45, 2.75) is 20.8 Å². The third kappa shape index (κ3) is 2.83. The second-order valence-corrected chi connectivity index (χ2v) is 4.02. The van der Waals surface area contributed by atoms with Crippen LogP contribution in [0.3, 0.4) is 0 Å². The molecule has 1 rings (SSSR count). The summed E-state index contributed by atoms with van der Waals surface area (Å²) in [7, 11) is 0. The number of carbonyl (C=O) groups is 1. The smallest absolute Gasteiger partial charge is 0.221 e. The Morgan fingerprint density at radius 2 is 2.00 bits per heavy atom. The molecule has 0 aromatic heterocycles. The molecule has 0 saturated heterocycles. The van der Waals surface area contributed by atoms with E-state index in [0.717, 1.165) is 22.4 Å². The molecule has 0 spiro atoms. The van der Waals surface area contributed by atoms with Crippen LogP contribution in [-0.2, 0) is 4.79 Å². The first-order valence-corrected chi connectivity index (χ1v) is 5.03. The Morgan fingerprint density at radius 3 is 2.47 bits per heavy atom. The Hall–Kier alpha value is -1.28. The monoisotopic (exact) mass is 223 g/mol. The highest BCUT2D eigenvalue weighted by atomic mass is 35.5. The molecular weight excluding hydrogens is 210 g/mol. The summed E-state index contributed by atoms with van der Waals surface area (Å²) in [6.07, 6.45) is 0. The Bertz CT molecular complexity index is 424. The number of anilines is 1. The molecule has 0 unspecified atom stereocenters. The van der Waals surface area contributed by atoms with E-state index in [1.165, 1.54) is 6.92 Å². The van der Waals surface area contributed by atoms with Gasteiger partial charge in [-0.2, -0.15) is 0 Å². The second kappa shape index (κ2) is 4.49. The number of allylic oxidation sites excluding steroid dienone is 1. The third-order valence-electron chi connectivity index (χ3n) is 2.08. The number of hydrogen-bond acceptors (Lipinski definition) is 1. The highest BCUT2D eigenvalue weighted by Gasteiger charge is 2.07. The summed E-state index contributed by atoms with van der Waals surface area (Å²) in [5.74, 6) is -0.0998. The summed E-state index contributed by atoms with van der Waals surface area (Å²) >= 11 is 6.07. The van der Waals surface area contributed by atoms with Gasteiger partial charge >= 0.3 is 0 Å². The highest BCUT2D eigenvalue weighted by molar-refractivity contribution is 6.32. The molecule has 0 radical (unpaired) electrons. The van der Waals surface area contributed by atoms with Crippen molar-refractivity contribution in [1.82, 2.24) is 0 Å². The van der Waals surface area contributed by atoms with Gasteiger partial charge in [0, 0.05) is 12.6 Å². The topological polar surface area (TPSA) is 29.1 Å². The minimum atomic E-state index is -0.0998. The van der Waals surface area contributed by atoms with Gasteiger partial charge in [0.05, 0.1) is 5.02 Å². The standard InChI is InChI=1S/C12H14ClNO/c1-7(2)10-5-8(3)12(6-11(10)13)14-9(4)15/h5-6H,1H2,2-4H3,(H,14,15). The number of halogens is 1. The molecule has 80 valence electrons. The van der Waals surface area contributed by atoms with Crippen LogP contribution in [0.1, 0.15) is 25.0 Å². The summed E-state index contributed by atoms with van der Waals surface area (Å²) in [6, 6.07) is 3.68. The van der Waals surface area contributed by atoms with Crippen LogP contribution < -0.4 is 5.32 Å². The molecular formula is C12H14ClNO. The number of carbonyl (C=O) groups excluding carboxylic acids is 1. The third-order valence-corrected chi connectivity index (χ3v) is 2.40. The summed E-state index contributed by atoms with van der Waals surface area (Å²) in [5, 5.41) is 3.34. The van der Waals surface area contributed by atoms with E-state index in [0.29, 0.717) is 5.02 Å². The molecule has 0 aliphatic heterocycles. The van der Waals surface area contributed by atoms with Crippen LogP contribution in [0.15, 0.2) is 18.7 Å². The maximum absolute atomic E-state index is 10.9. The normalized spacial score (nSPS) is 9.87. The molecule has 0 atom stereocenters. The van der Waals surface area contributed by atoms with Crippen molar-refractivity contribution in [3.05, 3.63) is 34.9 Å². The van der Waals surface area contributed by atoms with Crippen molar-refractivity contribution in [2.75, 3.05) is 5.32 Å². The van der Waals surface area contributed by atoms with Gasteiger partial charge in [-0.3, -0.25) is 4.79 Å². The van der Waals surface area contributed by atoms with Crippen LogP contribution in [0.4, 0.5) is 5.69 Å². The van der Waals surface area contributed by atoms with E-state index in [-0.39, 0.29) is 5.91 Å². The van der Waals surface area contributed by atoms with E-state index < -0.39 is 0 Å². The van der Waals surface area contributed by atoms with Crippen molar-refractivity contribution < 1.29 is 4.79 Å². The maximum Gasteiger partial charge on any atom is 0.221 e. The largest absolute Gasteiger partial charge is 0.326 e. The SMILES string of the molecule is C=C(C)c1cc(C)c(NC(C)=O)cc1Cl. The molecule has 0 aliphatic rings. The number of aryl methyl sites for hydroxylation is 1. The van der Waals surface area contributed by atoms with E-state index in [2.05, 4.69) is 11.9 Å². The van der Waals surface area contributed by atoms with Gasteiger partial charge in [0.2, 0.25) is 5.91 Å². The lowest BCUT2D eigenvalue weighted by Crippen LogP contribution is -2.07. The molecule has 0 bridgehead atoms. The first-order chi connectivity index (χ1) is 6.91. The molecule has 0 saturated carbocycles. The minimum Gasteiger partial charge on any atom is -0.326 e. The zero-order chi connectivity index (χ0) is 11.6. The zero-order valence-corrected chi connectivity index (χ0v) is 9.90. The fourth-order valence-electron chi connectivity index (χ4n) is 1.33. The quantitative estimate of drug-likeness (QED) is 0.815. The van der Waals surface area contributed by atoms with Gasteiger partial charge in [-0.15, -0.1) is 0 Å². The molecule has 3 heteroatoms. The van der Waals surface area contributed by atoms with Gasteiger partial charge in [-0.25, -0.2) is 0 Å². The van der Waals surface area contributed by atoms with Crippen molar-refractivity contribution >= 4 is 28.8 Å². The Labute approximate surface area is 94.9 Å². The van der Waals surface area contributed by atoms with Gasteiger partial charge in [0.1, 0.15) is 0 Å². The maximum atomic E-state index is 10.9. The Morgan fingerprint density at radius 1 is 1.40 bits per heavy atom. The number of hydrogen-bond donors (Lipinski definition) is 1. The average Bonchev–Trinajstić information content (AvgIpc) is 2.09. The molecule has 1 aromatic rings.